The van der Waals surface area contributed by atoms with E-state index in [0.717, 1.165) is 12.0 Å². The van der Waals surface area contributed by atoms with Crippen molar-refractivity contribution in [3.63, 3.8) is 0 Å². The van der Waals surface area contributed by atoms with Gasteiger partial charge in [-0.2, -0.15) is 0 Å². The highest BCUT2D eigenvalue weighted by molar-refractivity contribution is 5.69. The molecule has 1 fully saturated rings. The maximum absolute atomic E-state index is 12.3. The minimum Gasteiger partial charge on any atom is -0.444 e. The molecule has 110 valence electrons. The zero-order valence-electron chi connectivity index (χ0n) is 12.3. The lowest BCUT2D eigenvalue weighted by atomic mass is 10.0. The number of hydrogen-bond acceptors (Lipinski definition) is 4. The maximum Gasteiger partial charge on any atom is 0.410 e. The molecule has 2 rings (SSSR count). The van der Waals surface area contributed by atoms with Crippen LogP contribution in [0.2, 0.25) is 0 Å². The van der Waals surface area contributed by atoms with Crippen LogP contribution in [0.25, 0.3) is 0 Å². The SMILES string of the molecule is CC(C)(C)OC(=O)N1CC[C@@H](N)[C@H]1c1ccc(N)cc1. The fourth-order valence-corrected chi connectivity index (χ4v) is 2.46. The van der Waals surface area contributed by atoms with E-state index in [1.807, 2.05) is 45.0 Å². The van der Waals surface area contributed by atoms with Crippen molar-refractivity contribution in [1.82, 2.24) is 4.90 Å². The molecule has 20 heavy (non-hydrogen) atoms. The molecule has 0 radical (unpaired) electrons. The number of amides is 1. The minimum absolute atomic E-state index is 0.0776. The number of nitrogens with two attached hydrogens (primary N) is 2. The fraction of sp³-hybridized carbons (Fsp3) is 0.533. The summed E-state index contributed by atoms with van der Waals surface area (Å²) in [5.41, 5.74) is 13.1. The lowest BCUT2D eigenvalue weighted by Gasteiger charge is -2.30. The van der Waals surface area contributed by atoms with Gasteiger partial charge in [-0.15, -0.1) is 0 Å². The van der Waals surface area contributed by atoms with Crippen LogP contribution in [0, 0.1) is 0 Å². The van der Waals surface area contributed by atoms with E-state index in [1.54, 1.807) is 4.90 Å². The van der Waals surface area contributed by atoms with Gasteiger partial charge in [-0.1, -0.05) is 12.1 Å². The van der Waals surface area contributed by atoms with E-state index in [1.165, 1.54) is 0 Å². The third kappa shape index (κ3) is 3.22. The molecule has 0 aromatic heterocycles. The zero-order chi connectivity index (χ0) is 14.9. The first-order valence-corrected chi connectivity index (χ1v) is 6.88. The molecular formula is C15H23N3O2. The first-order chi connectivity index (χ1) is 9.28. The lowest BCUT2D eigenvalue weighted by Crippen LogP contribution is -2.39. The van der Waals surface area contributed by atoms with Crippen LogP contribution in [-0.4, -0.2) is 29.2 Å². The van der Waals surface area contributed by atoms with E-state index in [-0.39, 0.29) is 18.2 Å². The standard InChI is InChI=1S/C15H23N3O2/c1-15(2,3)20-14(19)18-9-8-12(17)13(18)10-4-6-11(16)7-5-10/h4-7,12-13H,8-9,16-17H2,1-3H3/t12-,13-/m1/s1. The second-order valence-corrected chi connectivity index (χ2v) is 6.24. The normalized spacial score (nSPS) is 22.9. The Kier molecular flexibility index (Phi) is 3.90. The summed E-state index contributed by atoms with van der Waals surface area (Å²) in [7, 11) is 0. The first kappa shape index (κ1) is 14.7. The number of benzene rings is 1. The molecule has 1 saturated heterocycles. The molecule has 5 heteroatoms. The Morgan fingerprint density at radius 2 is 1.90 bits per heavy atom. The van der Waals surface area contributed by atoms with Crippen molar-refractivity contribution >= 4 is 11.8 Å². The van der Waals surface area contributed by atoms with Crippen LogP contribution >= 0.6 is 0 Å². The Morgan fingerprint density at radius 3 is 2.45 bits per heavy atom. The number of ether oxygens (including phenoxy) is 1. The second kappa shape index (κ2) is 5.32. The third-order valence-electron chi connectivity index (χ3n) is 3.35. The molecule has 0 saturated carbocycles. The molecule has 1 aliphatic heterocycles. The van der Waals surface area contributed by atoms with Crippen LogP contribution < -0.4 is 11.5 Å². The largest absolute Gasteiger partial charge is 0.444 e. The van der Waals surface area contributed by atoms with Crippen molar-refractivity contribution in [2.75, 3.05) is 12.3 Å². The fourth-order valence-electron chi connectivity index (χ4n) is 2.46. The van der Waals surface area contributed by atoms with E-state index in [2.05, 4.69) is 0 Å². The smallest absolute Gasteiger partial charge is 0.410 e. The third-order valence-corrected chi connectivity index (χ3v) is 3.35. The van der Waals surface area contributed by atoms with Crippen molar-refractivity contribution < 1.29 is 9.53 Å². The van der Waals surface area contributed by atoms with Crippen molar-refractivity contribution in [1.29, 1.82) is 0 Å². The molecule has 0 aliphatic carbocycles. The summed E-state index contributed by atoms with van der Waals surface area (Å²) >= 11 is 0. The predicted octanol–water partition coefficient (Wildman–Crippen LogP) is 2.28. The number of carbonyl (C=O) groups excluding carboxylic acids is 1. The van der Waals surface area contributed by atoms with Crippen LogP contribution in [0.5, 0.6) is 0 Å². The van der Waals surface area contributed by atoms with E-state index >= 15 is 0 Å². The quantitative estimate of drug-likeness (QED) is 0.772. The molecule has 0 bridgehead atoms. The molecule has 2 atom stereocenters. The minimum atomic E-state index is -0.505. The predicted molar refractivity (Wildman–Crippen MR) is 79.1 cm³/mol. The van der Waals surface area contributed by atoms with Gasteiger partial charge in [0.15, 0.2) is 0 Å². The van der Waals surface area contributed by atoms with Gasteiger partial charge in [0.2, 0.25) is 0 Å². The summed E-state index contributed by atoms with van der Waals surface area (Å²) < 4.78 is 5.45. The van der Waals surface area contributed by atoms with Crippen molar-refractivity contribution in [3.05, 3.63) is 29.8 Å². The lowest BCUT2D eigenvalue weighted by molar-refractivity contribution is 0.0218. The number of nitrogen functional groups attached to an aromatic ring is 1. The number of carbonyl (C=O) groups is 1. The van der Waals surface area contributed by atoms with Gasteiger partial charge in [-0.25, -0.2) is 4.79 Å². The van der Waals surface area contributed by atoms with Gasteiger partial charge in [0.1, 0.15) is 5.60 Å². The van der Waals surface area contributed by atoms with Crippen LogP contribution in [0.3, 0.4) is 0 Å². The summed E-state index contributed by atoms with van der Waals surface area (Å²) in [5, 5.41) is 0. The van der Waals surface area contributed by atoms with Gasteiger partial charge in [-0.3, -0.25) is 4.90 Å². The molecule has 1 aromatic carbocycles. The zero-order valence-corrected chi connectivity index (χ0v) is 12.3. The van der Waals surface area contributed by atoms with Gasteiger partial charge in [0.05, 0.1) is 6.04 Å². The summed E-state index contributed by atoms with van der Waals surface area (Å²) in [6, 6.07) is 7.27. The first-order valence-electron chi connectivity index (χ1n) is 6.88. The highest BCUT2D eigenvalue weighted by Gasteiger charge is 2.38. The summed E-state index contributed by atoms with van der Waals surface area (Å²) in [5.74, 6) is 0. The van der Waals surface area contributed by atoms with E-state index < -0.39 is 5.60 Å². The Bertz CT molecular complexity index is 479. The Balaban J connectivity index is 2.20. The summed E-state index contributed by atoms with van der Waals surface area (Å²) in [6.07, 6.45) is 0.459. The highest BCUT2D eigenvalue weighted by atomic mass is 16.6. The maximum atomic E-state index is 12.3. The Morgan fingerprint density at radius 1 is 1.30 bits per heavy atom. The van der Waals surface area contributed by atoms with Crippen LogP contribution in [-0.2, 0) is 4.74 Å². The molecule has 1 aromatic rings. The summed E-state index contributed by atoms with van der Waals surface area (Å²) in [4.78, 5) is 14.0. The van der Waals surface area contributed by atoms with Crippen molar-refractivity contribution in [3.8, 4) is 0 Å². The van der Waals surface area contributed by atoms with E-state index in [9.17, 15) is 4.79 Å². The number of rotatable bonds is 1. The topological polar surface area (TPSA) is 81.6 Å². The summed E-state index contributed by atoms with van der Waals surface area (Å²) in [6.45, 7) is 6.20. The average molecular weight is 277 g/mol. The molecule has 0 unspecified atom stereocenters. The second-order valence-electron chi connectivity index (χ2n) is 6.24. The molecule has 1 amide bonds. The molecular weight excluding hydrogens is 254 g/mol. The molecule has 4 N–H and O–H groups in total. The van der Waals surface area contributed by atoms with Crippen molar-refractivity contribution in [2.24, 2.45) is 5.73 Å². The van der Waals surface area contributed by atoms with Gasteiger partial charge in [0.25, 0.3) is 0 Å². The monoisotopic (exact) mass is 277 g/mol. The number of nitrogens with zero attached hydrogens (tertiary/aromatic N) is 1. The highest BCUT2D eigenvalue weighted by Crippen LogP contribution is 2.32. The van der Waals surface area contributed by atoms with Gasteiger partial charge in [0, 0.05) is 18.3 Å². The van der Waals surface area contributed by atoms with Gasteiger partial charge >= 0.3 is 6.09 Å². The van der Waals surface area contributed by atoms with Gasteiger partial charge in [-0.05, 0) is 44.9 Å². The van der Waals surface area contributed by atoms with Crippen LogP contribution in [0.4, 0.5) is 10.5 Å². The average Bonchev–Trinajstić information content (AvgIpc) is 2.70. The van der Waals surface area contributed by atoms with Crippen LogP contribution in [0.1, 0.15) is 38.8 Å². The Labute approximate surface area is 119 Å². The molecule has 1 heterocycles. The van der Waals surface area contributed by atoms with Gasteiger partial charge < -0.3 is 16.2 Å². The number of anilines is 1. The van der Waals surface area contributed by atoms with Crippen molar-refractivity contribution in [2.45, 2.75) is 44.9 Å². The molecule has 0 spiro atoms. The van der Waals surface area contributed by atoms with Crippen LogP contribution in [0.15, 0.2) is 24.3 Å². The van der Waals surface area contributed by atoms with E-state index in [0.29, 0.717) is 12.2 Å². The van der Waals surface area contributed by atoms with E-state index in [4.69, 9.17) is 16.2 Å². The molecule has 5 nitrogen and oxygen atoms in total. The number of likely N-dealkylation sites (tertiary alicyclic amines) is 1. The molecule has 1 aliphatic rings. The number of hydrogen-bond donors (Lipinski definition) is 2. The Hall–Kier alpha value is -1.75.